The van der Waals surface area contributed by atoms with Crippen LogP contribution in [0.4, 0.5) is 0 Å². The van der Waals surface area contributed by atoms with Gasteiger partial charge in [0.25, 0.3) is 0 Å². The molecule has 1 aromatic heterocycles. The Hall–Kier alpha value is -0.790. The fourth-order valence-electron chi connectivity index (χ4n) is 1.78. The predicted molar refractivity (Wildman–Crippen MR) is 49.3 cm³/mol. The molecule has 0 atom stereocenters. The second kappa shape index (κ2) is 2.92. The summed E-state index contributed by atoms with van der Waals surface area (Å²) in [5.41, 5.74) is 1.47. The molecule has 66 valence electrons. The van der Waals surface area contributed by atoms with Crippen LogP contribution in [0, 0.1) is 0 Å². The first-order valence-corrected chi connectivity index (χ1v) is 4.91. The Balaban J connectivity index is 2.33. The van der Waals surface area contributed by atoms with Gasteiger partial charge in [-0.3, -0.25) is 0 Å². The molecule has 0 N–H and O–H groups in total. The molecule has 1 aliphatic carbocycles. The Morgan fingerprint density at radius 3 is 2.75 bits per heavy atom. The van der Waals surface area contributed by atoms with E-state index in [1.54, 1.807) is 0 Å². The highest BCUT2D eigenvalue weighted by atomic mass is 15.1. The number of imidazole rings is 1. The topological polar surface area (TPSA) is 17.8 Å². The average molecular weight is 164 g/mol. The average Bonchev–Trinajstić information content (AvgIpc) is 2.85. The lowest BCUT2D eigenvalue weighted by Gasteiger charge is -2.06. The SMILES string of the molecule is CCc1ncc(C2CC2)n1CC. The zero-order chi connectivity index (χ0) is 8.55. The van der Waals surface area contributed by atoms with Crippen molar-refractivity contribution in [3.8, 4) is 0 Å². The van der Waals surface area contributed by atoms with E-state index in [2.05, 4.69) is 29.6 Å². The largest absolute Gasteiger partial charge is 0.332 e. The van der Waals surface area contributed by atoms with Gasteiger partial charge in [0, 0.05) is 30.8 Å². The van der Waals surface area contributed by atoms with Gasteiger partial charge >= 0.3 is 0 Å². The maximum Gasteiger partial charge on any atom is 0.108 e. The number of hydrogen-bond donors (Lipinski definition) is 0. The van der Waals surface area contributed by atoms with E-state index in [4.69, 9.17) is 0 Å². The number of nitrogens with zero attached hydrogens (tertiary/aromatic N) is 2. The lowest BCUT2D eigenvalue weighted by molar-refractivity contribution is 0.669. The summed E-state index contributed by atoms with van der Waals surface area (Å²) in [6.07, 6.45) is 5.87. The van der Waals surface area contributed by atoms with Crippen molar-refractivity contribution in [1.82, 2.24) is 9.55 Å². The van der Waals surface area contributed by atoms with E-state index >= 15 is 0 Å². The first-order chi connectivity index (χ1) is 5.86. The van der Waals surface area contributed by atoms with Gasteiger partial charge in [0.15, 0.2) is 0 Å². The molecule has 1 aliphatic rings. The van der Waals surface area contributed by atoms with Crippen LogP contribution in [0.1, 0.15) is 44.1 Å². The van der Waals surface area contributed by atoms with Crippen LogP contribution in [0.2, 0.25) is 0 Å². The second-order valence-electron chi connectivity index (χ2n) is 3.47. The number of aromatic nitrogens is 2. The van der Waals surface area contributed by atoms with Crippen LogP contribution in [0.15, 0.2) is 6.20 Å². The summed E-state index contributed by atoms with van der Waals surface area (Å²) in [5.74, 6) is 2.08. The third-order valence-electron chi connectivity index (χ3n) is 2.60. The fraction of sp³-hybridized carbons (Fsp3) is 0.700. The Kier molecular flexibility index (Phi) is 1.91. The molecule has 0 radical (unpaired) electrons. The van der Waals surface area contributed by atoms with E-state index < -0.39 is 0 Å². The van der Waals surface area contributed by atoms with Gasteiger partial charge in [0.05, 0.1) is 0 Å². The third kappa shape index (κ3) is 1.15. The van der Waals surface area contributed by atoms with E-state index in [0.717, 1.165) is 18.9 Å². The molecule has 0 saturated heterocycles. The molecule has 0 bridgehead atoms. The molecule has 0 aliphatic heterocycles. The third-order valence-corrected chi connectivity index (χ3v) is 2.60. The van der Waals surface area contributed by atoms with Crippen LogP contribution in [-0.4, -0.2) is 9.55 Å². The number of rotatable bonds is 3. The van der Waals surface area contributed by atoms with Gasteiger partial charge in [-0.05, 0) is 19.8 Å². The summed E-state index contributed by atoms with van der Waals surface area (Å²) in [6.45, 7) is 5.45. The van der Waals surface area contributed by atoms with Gasteiger partial charge in [0.2, 0.25) is 0 Å². The van der Waals surface area contributed by atoms with Gasteiger partial charge in [-0.15, -0.1) is 0 Å². The van der Waals surface area contributed by atoms with Gasteiger partial charge in [-0.25, -0.2) is 4.98 Å². The molecule has 2 nitrogen and oxygen atoms in total. The summed E-state index contributed by atoms with van der Waals surface area (Å²) in [6, 6.07) is 0. The standard InChI is InChI=1S/C10H16N2/c1-3-10-11-7-9(8-5-6-8)12(10)4-2/h7-8H,3-6H2,1-2H3. The Bertz CT molecular complexity index is 271. The van der Waals surface area contributed by atoms with Crippen LogP contribution in [0.25, 0.3) is 0 Å². The lowest BCUT2D eigenvalue weighted by Crippen LogP contribution is -2.03. The summed E-state index contributed by atoms with van der Waals surface area (Å²) in [7, 11) is 0. The molecule has 0 amide bonds. The van der Waals surface area contributed by atoms with Crippen LogP contribution < -0.4 is 0 Å². The fourth-order valence-corrected chi connectivity index (χ4v) is 1.78. The van der Waals surface area contributed by atoms with E-state index in [9.17, 15) is 0 Å². The maximum atomic E-state index is 4.43. The highest BCUT2D eigenvalue weighted by Crippen LogP contribution is 2.40. The predicted octanol–water partition coefficient (Wildman–Crippen LogP) is 2.34. The van der Waals surface area contributed by atoms with Crippen LogP contribution >= 0.6 is 0 Å². The number of hydrogen-bond acceptors (Lipinski definition) is 1. The summed E-state index contributed by atoms with van der Waals surface area (Å²) < 4.78 is 2.37. The molecule has 2 rings (SSSR count). The molecule has 1 saturated carbocycles. The van der Waals surface area contributed by atoms with Crippen molar-refractivity contribution in [2.45, 2.75) is 45.6 Å². The van der Waals surface area contributed by atoms with Crippen molar-refractivity contribution in [2.75, 3.05) is 0 Å². The zero-order valence-corrected chi connectivity index (χ0v) is 7.88. The maximum absolute atomic E-state index is 4.43. The quantitative estimate of drug-likeness (QED) is 0.670. The van der Waals surface area contributed by atoms with E-state index in [1.807, 2.05) is 0 Å². The number of aryl methyl sites for hydroxylation is 1. The van der Waals surface area contributed by atoms with E-state index in [-0.39, 0.29) is 0 Å². The first kappa shape index (κ1) is 7.84. The van der Waals surface area contributed by atoms with E-state index in [0.29, 0.717) is 0 Å². The molecule has 12 heavy (non-hydrogen) atoms. The Morgan fingerprint density at radius 1 is 1.50 bits per heavy atom. The molecule has 2 heteroatoms. The van der Waals surface area contributed by atoms with Crippen molar-refractivity contribution in [3.63, 3.8) is 0 Å². The molecule has 1 fully saturated rings. The molecule has 1 heterocycles. The van der Waals surface area contributed by atoms with E-state index in [1.165, 1.54) is 24.4 Å². The molecule has 1 aromatic rings. The Labute approximate surface area is 73.6 Å². The zero-order valence-electron chi connectivity index (χ0n) is 7.88. The van der Waals surface area contributed by atoms with Crippen LogP contribution in [0.5, 0.6) is 0 Å². The smallest absolute Gasteiger partial charge is 0.108 e. The highest BCUT2D eigenvalue weighted by Gasteiger charge is 2.27. The van der Waals surface area contributed by atoms with Crippen molar-refractivity contribution in [1.29, 1.82) is 0 Å². The highest BCUT2D eigenvalue weighted by molar-refractivity contribution is 5.16. The first-order valence-electron chi connectivity index (χ1n) is 4.91. The van der Waals surface area contributed by atoms with Crippen molar-refractivity contribution in [3.05, 3.63) is 17.7 Å². The minimum absolute atomic E-state index is 0.831. The minimum Gasteiger partial charge on any atom is -0.332 e. The monoisotopic (exact) mass is 164 g/mol. The molecule has 0 aromatic carbocycles. The molecular formula is C10H16N2. The summed E-state index contributed by atoms with van der Waals surface area (Å²) in [5, 5.41) is 0. The normalized spacial score (nSPS) is 16.8. The van der Waals surface area contributed by atoms with Gasteiger partial charge < -0.3 is 4.57 Å². The molecule has 0 unspecified atom stereocenters. The van der Waals surface area contributed by atoms with Crippen LogP contribution in [0.3, 0.4) is 0 Å². The van der Waals surface area contributed by atoms with Gasteiger partial charge in [-0.1, -0.05) is 6.92 Å². The van der Waals surface area contributed by atoms with Crippen molar-refractivity contribution >= 4 is 0 Å². The minimum atomic E-state index is 0.831. The molecule has 0 spiro atoms. The Morgan fingerprint density at radius 2 is 2.25 bits per heavy atom. The van der Waals surface area contributed by atoms with Gasteiger partial charge in [-0.2, -0.15) is 0 Å². The summed E-state index contributed by atoms with van der Waals surface area (Å²) >= 11 is 0. The van der Waals surface area contributed by atoms with Crippen molar-refractivity contribution in [2.24, 2.45) is 0 Å². The molecular weight excluding hydrogens is 148 g/mol. The van der Waals surface area contributed by atoms with Crippen LogP contribution in [-0.2, 0) is 13.0 Å². The second-order valence-corrected chi connectivity index (χ2v) is 3.47. The lowest BCUT2D eigenvalue weighted by atomic mass is 10.3. The summed E-state index contributed by atoms with van der Waals surface area (Å²) in [4.78, 5) is 4.43. The van der Waals surface area contributed by atoms with Crippen molar-refractivity contribution < 1.29 is 0 Å². The van der Waals surface area contributed by atoms with Gasteiger partial charge in [0.1, 0.15) is 5.82 Å².